The minimum Gasteiger partial charge on any atom is -0.484 e. The van der Waals surface area contributed by atoms with Crippen LogP contribution in [-0.2, 0) is 4.79 Å². The van der Waals surface area contributed by atoms with E-state index in [1.807, 2.05) is 14.1 Å². The van der Waals surface area contributed by atoms with Crippen LogP contribution in [-0.4, -0.2) is 37.5 Å². The molecule has 2 aromatic rings. The first kappa shape index (κ1) is 17.7. The number of benzene rings is 1. The van der Waals surface area contributed by atoms with Crippen LogP contribution in [0.5, 0.6) is 5.75 Å². The van der Waals surface area contributed by atoms with Gasteiger partial charge in [-0.05, 0) is 36.4 Å². The van der Waals surface area contributed by atoms with Crippen molar-refractivity contribution in [3.05, 3.63) is 52.6 Å². The van der Waals surface area contributed by atoms with Crippen molar-refractivity contribution in [1.29, 1.82) is 0 Å². The lowest BCUT2D eigenvalue weighted by Crippen LogP contribution is -2.43. The van der Waals surface area contributed by atoms with Crippen molar-refractivity contribution in [2.75, 3.05) is 25.6 Å². The van der Waals surface area contributed by atoms with Gasteiger partial charge in [-0.1, -0.05) is 15.9 Å². The van der Waals surface area contributed by atoms with Gasteiger partial charge in [0.05, 0.1) is 0 Å². The normalized spacial score (nSPS) is 9.96. The second kappa shape index (κ2) is 8.30. The van der Waals surface area contributed by atoms with E-state index >= 15 is 0 Å². The fraction of sp³-hybridized carbons (Fsp3) is 0.188. The largest absolute Gasteiger partial charge is 0.484 e. The maximum absolute atomic E-state index is 12.0. The molecule has 2 rings (SSSR count). The topological polar surface area (TPSA) is 83.6 Å². The Kier molecular flexibility index (Phi) is 6.14. The predicted octanol–water partition coefficient (Wildman–Crippen LogP) is 1.75. The summed E-state index contributed by atoms with van der Waals surface area (Å²) in [5, 5.41) is 0. The summed E-state index contributed by atoms with van der Waals surface area (Å²) >= 11 is 3.31. The van der Waals surface area contributed by atoms with Gasteiger partial charge in [0.15, 0.2) is 6.61 Å². The van der Waals surface area contributed by atoms with Crippen molar-refractivity contribution >= 4 is 33.6 Å². The minimum atomic E-state index is -0.465. The Morgan fingerprint density at radius 3 is 2.54 bits per heavy atom. The fourth-order valence-corrected chi connectivity index (χ4v) is 1.98. The van der Waals surface area contributed by atoms with E-state index in [9.17, 15) is 9.59 Å². The third-order valence-corrected chi connectivity index (χ3v) is 3.49. The van der Waals surface area contributed by atoms with Gasteiger partial charge in [0.2, 0.25) is 0 Å². The van der Waals surface area contributed by atoms with E-state index in [0.29, 0.717) is 17.1 Å². The van der Waals surface area contributed by atoms with E-state index in [1.165, 1.54) is 6.20 Å². The number of rotatable bonds is 5. The van der Waals surface area contributed by atoms with E-state index in [4.69, 9.17) is 4.74 Å². The number of carbonyl (C=O) groups is 2. The molecule has 0 fully saturated rings. The summed E-state index contributed by atoms with van der Waals surface area (Å²) < 4.78 is 6.23. The molecule has 0 saturated carbocycles. The number of carbonyl (C=O) groups excluding carboxylic acids is 2. The molecule has 0 bridgehead atoms. The summed E-state index contributed by atoms with van der Waals surface area (Å²) in [5.74, 6) is 0.308. The van der Waals surface area contributed by atoms with E-state index < -0.39 is 11.8 Å². The number of nitrogens with one attached hydrogen (secondary N) is 2. The van der Waals surface area contributed by atoms with Gasteiger partial charge in [-0.2, -0.15) is 0 Å². The molecule has 2 N–H and O–H groups in total. The van der Waals surface area contributed by atoms with Crippen LogP contribution >= 0.6 is 15.9 Å². The highest BCUT2D eigenvalue weighted by molar-refractivity contribution is 9.10. The van der Waals surface area contributed by atoms with Crippen LogP contribution < -0.4 is 20.5 Å². The second-order valence-corrected chi connectivity index (χ2v) is 5.96. The van der Waals surface area contributed by atoms with Crippen LogP contribution in [0.4, 0.5) is 5.82 Å². The molecule has 0 radical (unpaired) electrons. The molecule has 0 atom stereocenters. The highest BCUT2D eigenvalue weighted by Crippen LogP contribution is 2.15. The molecule has 0 saturated heterocycles. The fourth-order valence-electron chi connectivity index (χ4n) is 1.72. The molecule has 7 nitrogen and oxygen atoms in total. The lowest BCUT2D eigenvalue weighted by molar-refractivity contribution is -0.123. The average molecular weight is 393 g/mol. The van der Waals surface area contributed by atoms with Crippen LogP contribution in [0.25, 0.3) is 0 Å². The highest BCUT2D eigenvalue weighted by Gasteiger charge is 2.09. The zero-order valence-corrected chi connectivity index (χ0v) is 14.8. The molecule has 1 aromatic heterocycles. The first-order valence-corrected chi connectivity index (χ1v) is 7.86. The Morgan fingerprint density at radius 1 is 1.17 bits per heavy atom. The SMILES string of the molecule is CN(C)c1cc(C(=O)NNC(=O)COc2ccc(Br)cc2)ccn1. The van der Waals surface area contributed by atoms with Gasteiger partial charge in [-0.25, -0.2) is 4.98 Å². The molecule has 0 unspecified atom stereocenters. The second-order valence-electron chi connectivity index (χ2n) is 5.04. The third-order valence-electron chi connectivity index (χ3n) is 2.96. The number of hydrogen-bond acceptors (Lipinski definition) is 5. The molecular weight excluding hydrogens is 376 g/mol. The Labute approximate surface area is 148 Å². The number of amides is 2. The molecule has 0 spiro atoms. The van der Waals surface area contributed by atoms with Gasteiger partial charge in [-0.15, -0.1) is 0 Å². The van der Waals surface area contributed by atoms with Crippen molar-refractivity contribution in [3.63, 3.8) is 0 Å². The summed E-state index contributed by atoms with van der Waals surface area (Å²) in [6.07, 6.45) is 1.53. The maximum Gasteiger partial charge on any atom is 0.276 e. The Balaban J connectivity index is 1.81. The molecule has 0 aliphatic carbocycles. The number of nitrogens with zero attached hydrogens (tertiary/aromatic N) is 2. The standard InChI is InChI=1S/C16H17BrN4O3/c1-21(2)14-9-11(7-8-18-14)16(23)20-19-15(22)10-24-13-5-3-12(17)4-6-13/h3-9H,10H2,1-2H3,(H,19,22)(H,20,23). The van der Waals surface area contributed by atoms with Gasteiger partial charge >= 0.3 is 0 Å². The number of hydrogen-bond donors (Lipinski definition) is 2. The van der Waals surface area contributed by atoms with Crippen LogP contribution in [0, 0.1) is 0 Å². The molecule has 0 aliphatic rings. The van der Waals surface area contributed by atoms with Crippen LogP contribution in [0.1, 0.15) is 10.4 Å². The molecule has 126 valence electrons. The number of halogens is 1. The summed E-state index contributed by atoms with van der Waals surface area (Å²) in [4.78, 5) is 29.6. The highest BCUT2D eigenvalue weighted by atomic mass is 79.9. The lowest BCUT2D eigenvalue weighted by atomic mass is 10.2. The molecule has 2 amide bonds. The van der Waals surface area contributed by atoms with Crippen LogP contribution in [0.2, 0.25) is 0 Å². The molecule has 1 heterocycles. The van der Waals surface area contributed by atoms with Gasteiger partial charge in [0, 0.05) is 30.3 Å². The van der Waals surface area contributed by atoms with Crippen LogP contribution in [0.15, 0.2) is 47.1 Å². The summed E-state index contributed by atoms with van der Waals surface area (Å²) in [5.41, 5.74) is 5.03. The summed E-state index contributed by atoms with van der Waals surface area (Å²) in [7, 11) is 3.65. The Hall–Kier alpha value is -2.61. The third kappa shape index (κ3) is 5.24. The maximum atomic E-state index is 12.0. The minimum absolute atomic E-state index is 0.207. The first-order chi connectivity index (χ1) is 11.5. The first-order valence-electron chi connectivity index (χ1n) is 7.06. The van der Waals surface area contributed by atoms with Crippen molar-refractivity contribution in [2.45, 2.75) is 0 Å². The van der Waals surface area contributed by atoms with E-state index in [1.54, 1.807) is 41.3 Å². The molecular formula is C16H17BrN4O3. The Bertz CT molecular complexity index is 720. The summed E-state index contributed by atoms with van der Waals surface area (Å²) in [6.45, 7) is -0.207. The average Bonchev–Trinajstić information content (AvgIpc) is 2.59. The van der Waals surface area contributed by atoms with Gasteiger partial charge in [0.25, 0.3) is 11.8 Å². The van der Waals surface area contributed by atoms with E-state index in [2.05, 4.69) is 31.8 Å². The number of ether oxygens (including phenoxy) is 1. The van der Waals surface area contributed by atoms with Gasteiger partial charge < -0.3 is 9.64 Å². The molecule has 0 aliphatic heterocycles. The van der Waals surface area contributed by atoms with E-state index in [-0.39, 0.29) is 6.61 Å². The van der Waals surface area contributed by atoms with Crippen molar-refractivity contribution in [2.24, 2.45) is 0 Å². The lowest BCUT2D eigenvalue weighted by Gasteiger charge is -2.12. The monoisotopic (exact) mass is 392 g/mol. The smallest absolute Gasteiger partial charge is 0.276 e. The molecule has 24 heavy (non-hydrogen) atoms. The molecule has 1 aromatic carbocycles. The zero-order valence-electron chi connectivity index (χ0n) is 13.2. The van der Waals surface area contributed by atoms with Crippen LogP contribution in [0.3, 0.4) is 0 Å². The number of pyridine rings is 1. The van der Waals surface area contributed by atoms with Crippen molar-refractivity contribution < 1.29 is 14.3 Å². The van der Waals surface area contributed by atoms with E-state index in [0.717, 1.165) is 4.47 Å². The molecule has 8 heteroatoms. The van der Waals surface area contributed by atoms with Gasteiger partial charge in [-0.3, -0.25) is 20.4 Å². The van der Waals surface area contributed by atoms with Crippen molar-refractivity contribution in [3.8, 4) is 5.75 Å². The van der Waals surface area contributed by atoms with Crippen molar-refractivity contribution in [1.82, 2.24) is 15.8 Å². The predicted molar refractivity (Wildman–Crippen MR) is 93.8 cm³/mol. The number of anilines is 1. The number of aromatic nitrogens is 1. The number of hydrazine groups is 1. The van der Waals surface area contributed by atoms with Gasteiger partial charge in [0.1, 0.15) is 11.6 Å². The summed E-state index contributed by atoms with van der Waals surface area (Å²) in [6, 6.07) is 10.3. The quantitative estimate of drug-likeness (QED) is 0.757. The zero-order chi connectivity index (χ0) is 17.5. The Morgan fingerprint density at radius 2 is 1.88 bits per heavy atom.